The van der Waals surface area contributed by atoms with Crippen LogP contribution in [0, 0.1) is 0 Å². The van der Waals surface area contributed by atoms with Crippen molar-refractivity contribution in [3.8, 4) is 11.4 Å². The molecule has 9 nitrogen and oxygen atoms in total. The summed E-state index contributed by atoms with van der Waals surface area (Å²) < 4.78 is 5.32. The van der Waals surface area contributed by atoms with Gasteiger partial charge in [-0.1, -0.05) is 17.3 Å². The quantitative estimate of drug-likeness (QED) is 0.410. The normalized spacial score (nSPS) is 10.8. The van der Waals surface area contributed by atoms with Crippen molar-refractivity contribution in [2.24, 2.45) is 0 Å². The van der Waals surface area contributed by atoms with Gasteiger partial charge >= 0.3 is 6.01 Å². The highest BCUT2D eigenvalue weighted by Crippen LogP contribution is 2.24. The average molecular weight is 397 g/mol. The van der Waals surface area contributed by atoms with Gasteiger partial charge in [-0.25, -0.2) is 0 Å². The van der Waals surface area contributed by atoms with Gasteiger partial charge in [0.25, 0.3) is 5.91 Å². The number of nitrogens with one attached hydrogen (secondary N) is 3. The third-order valence-electron chi connectivity index (χ3n) is 4.42. The van der Waals surface area contributed by atoms with Crippen molar-refractivity contribution in [3.63, 3.8) is 0 Å². The first kappa shape index (κ1) is 17.6. The first-order chi connectivity index (χ1) is 14.7. The largest absolute Gasteiger partial charge is 0.326 e. The Labute approximate surface area is 170 Å². The average Bonchev–Trinajstić information content (AvgIpc) is 3.44. The van der Waals surface area contributed by atoms with Gasteiger partial charge in [0.15, 0.2) is 0 Å². The Morgan fingerprint density at radius 1 is 1.00 bits per heavy atom. The summed E-state index contributed by atoms with van der Waals surface area (Å²) in [6.45, 7) is 0. The summed E-state index contributed by atoms with van der Waals surface area (Å²) in [7, 11) is 0. The zero-order chi connectivity index (χ0) is 20.3. The SMILES string of the molecule is O=C(Nc1cccc(-c2noc(Nc3ccc4[nH]ncc4c3)n2)c1)c1cccnc1. The Kier molecular flexibility index (Phi) is 4.37. The van der Waals surface area contributed by atoms with E-state index in [0.29, 0.717) is 22.6 Å². The molecule has 3 N–H and O–H groups in total. The molecule has 146 valence electrons. The number of aromatic amines is 1. The fraction of sp³-hybridized carbons (Fsp3) is 0. The van der Waals surface area contributed by atoms with Crippen LogP contribution in [0.5, 0.6) is 0 Å². The number of hydrogen-bond acceptors (Lipinski definition) is 7. The molecule has 5 rings (SSSR count). The lowest BCUT2D eigenvalue weighted by atomic mass is 10.2. The van der Waals surface area contributed by atoms with Gasteiger partial charge in [-0.2, -0.15) is 10.1 Å². The van der Waals surface area contributed by atoms with Gasteiger partial charge in [0.2, 0.25) is 5.82 Å². The smallest absolute Gasteiger partial charge is 0.322 e. The van der Waals surface area contributed by atoms with Gasteiger partial charge in [-0.05, 0) is 42.5 Å². The van der Waals surface area contributed by atoms with Crippen LogP contribution in [0.1, 0.15) is 10.4 Å². The van der Waals surface area contributed by atoms with Crippen molar-refractivity contribution in [1.82, 2.24) is 25.3 Å². The van der Waals surface area contributed by atoms with Crippen molar-refractivity contribution >= 4 is 34.2 Å². The summed E-state index contributed by atoms with van der Waals surface area (Å²) in [6, 6.07) is 16.6. The minimum atomic E-state index is -0.245. The highest BCUT2D eigenvalue weighted by atomic mass is 16.5. The molecule has 2 aromatic carbocycles. The number of fused-ring (bicyclic) bond motifs is 1. The summed E-state index contributed by atoms with van der Waals surface area (Å²) in [6.07, 6.45) is 4.87. The summed E-state index contributed by atoms with van der Waals surface area (Å²) in [5.41, 5.74) is 3.55. The van der Waals surface area contributed by atoms with E-state index in [-0.39, 0.29) is 11.9 Å². The zero-order valence-corrected chi connectivity index (χ0v) is 15.5. The van der Waals surface area contributed by atoms with Crippen molar-refractivity contribution in [2.75, 3.05) is 10.6 Å². The number of benzene rings is 2. The molecule has 0 aliphatic heterocycles. The zero-order valence-electron chi connectivity index (χ0n) is 15.5. The van der Waals surface area contributed by atoms with Gasteiger partial charge in [-0.3, -0.25) is 14.9 Å². The van der Waals surface area contributed by atoms with Crippen LogP contribution < -0.4 is 10.6 Å². The van der Waals surface area contributed by atoms with Gasteiger partial charge in [0.1, 0.15) is 0 Å². The Balaban J connectivity index is 1.33. The number of aromatic nitrogens is 5. The van der Waals surface area contributed by atoms with E-state index in [2.05, 4.69) is 36.0 Å². The molecule has 5 aromatic rings. The first-order valence-electron chi connectivity index (χ1n) is 9.10. The van der Waals surface area contributed by atoms with E-state index in [9.17, 15) is 4.79 Å². The molecule has 3 heterocycles. The van der Waals surface area contributed by atoms with Crippen LogP contribution in [-0.4, -0.2) is 31.2 Å². The molecule has 3 aromatic heterocycles. The summed E-state index contributed by atoms with van der Waals surface area (Å²) in [4.78, 5) is 20.7. The number of amides is 1. The van der Waals surface area contributed by atoms with Gasteiger partial charge in [0.05, 0.1) is 17.3 Å². The number of rotatable bonds is 5. The Hall–Kier alpha value is -4.53. The number of carbonyl (C=O) groups is 1. The second-order valence-electron chi connectivity index (χ2n) is 6.50. The number of pyridine rings is 1. The predicted molar refractivity (Wildman–Crippen MR) is 111 cm³/mol. The Morgan fingerprint density at radius 3 is 2.87 bits per heavy atom. The molecule has 0 spiro atoms. The van der Waals surface area contributed by atoms with Crippen LogP contribution in [-0.2, 0) is 0 Å². The molecule has 0 bridgehead atoms. The van der Waals surface area contributed by atoms with E-state index in [1.807, 2.05) is 30.3 Å². The van der Waals surface area contributed by atoms with E-state index in [1.54, 1.807) is 36.7 Å². The van der Waals surface area contributed by atoms with Crippen molar-refractivity contribution < 1.29 is 9.32 Å². The van der Waals surface area contributed by atoms with Crippen LogP contribution >= 0.6 is 0 Å². The summed E-state index contributed by atoms with van der Waals surface area (Å²) in [5, 5.41) is 17.8. The second-order valence-corrected chi connectivity index (χ2v) is 6.50. The van der Waals surface area contributed by atoms with E-state index in [1.165, 1.54) is 6.20 Å². The molecule has 0 saturated carbocycles. The standard InChI is InChI=1S/C21H15N7O2/c29-20(14-4-2-8-22-11-14)24-16-5-1-3-13(9-16)19-26-21(30-28-19)25-17-6-7-18-15(10-17)12-23-27-18/h1-12H,(H,23,27)(H,24,29)(H,25,26,28). The van der Waals surface area contributed by atoms with E-state index >= 15 is 0 Å². The fourth-order valence-electron chi connectivity index (χ4n) is 2.97. The highest BCUT2D eigenvalue weighted by molar-refractivity contribution is 6.04. The number of anilines is 3. The molecule has 9 heteroatoms. The van der Waals surface area contributed by atoms with Crippen LogP contribution in [0.4, 0.5) is 17.4 Å². The molecule has 0 fully saturated rings. The third-order valence-corrected chi connectivity index (χ3v) is 4.42. The van der Waals surface area contributed by atoms with Crippen molar-refractivity contribution in [1.29, 1.82) is 0 Å². The molecule has 0 aliphatic rings. The molecule has 1 amide bonds. The maximum atomic E-state index is 12.3. The summed E-state index contributed by atoms with van der Waals surface area (Å²) in [5.74, 6) is 0.157. The Morgan fingerprint density at radius 2 is 1.97 bits per heavy atom. The van der Waals surface area contributed by atoms with Gasteiger partial charge < -0.3 is 15.2 Å². The topological polar surface area (TPSA) is 122 Å². The number of nitrogens with zero attached hydrogens (tertiary/aromatic N) is 4. The van der Waals surface area contributed by atoms with Crippen molar-refractivity contribution in [3.05, 3.63) is 78.8 Å². The van der Waals surface area contributed by atoms with Crippen LogP contribution in [0.25, 0.3) is 22.3 Å². The molecule has 0 aliphatic carbocycles. The predicted octanol–water partition coefficient (Wildman–Crippen LogP) is 4.00. The Bertz CT molecular complexity index is 1330. The number of H-pyrrole nitrogens is 1. The fourth-order valence-corrected chi connectivity index (χ4v) is 2.97. The maximum absolute atomic E-state index is 12.3. The van der Waals surface area contributed by atoms with Gasteiger partial charge in [-0.15, -0.1) is 0 Å². The van der Waals surface area contributed by atoms with E-state index in [4.69, 9.17) is 4.52 Å². The molecular formula is C21H15N7O2. The van der Waals surface area contributed by atoms with Crippen LogP contribution in [0.15, 0.2) is 77.7 Å². The first-order valence-corrected chi connectivity index (χ1v) is 9.10. The lowest BCUT2D eigenvalue weighted by Gasteiger charge is -2.05. The lowest BCUT2D eigenvalue weighted by Crippen LogP contribution is -2.11. The van der Waals surface area contributed by atoms with Crippen LogP contribution in [0.2, 0.25) is 0 Å². The summed E-state index contributed by atoms with van der Waals surface area (Å²) >= 11 is 0. The molecule has 0 radical (unpaired) electrons. The minimum Gasteiger partial charge on any atom is -0.322 e. The monoisotopic (exact) mass is 397 g/mol. The van der Waals surface area contributed by atoms with Gasteiger partial charge in [0, 0.05) is 34.7 Å². The lowest BCUT2D eigenvalue weighted by molar-refractivity contribution is 0.102. The molecule has 0 unspecified atom stereocenters. The number of carbonyl (C=O) groups excluding carboxylic acids is 1. The molecule has 30 heavy (non-hydrogen) atoms. The van der Waals surface area contributed by atoms with E-state index < -0.39 is 0 Å². The molecular weight excluding hydrogens is 382 g/mol. The second kappa shape index (κ2) is 7.47. The maximum Gasteiger partial charge on any atom is 0.326 e. The molecule has 0 atom stereocenters. The van der Waals surface area contributed by atoms with Crippen LogP contribution in [0.3, 0.4) is 0 Å². The third kappa shape index (κ3) is 3.59. The minimum absolute atomic E-state index is 0.245. The van der Waals surface area contributed by atoms with Crippen molar-refractivity contribution in [2.45, 2.75) is 0 Å². The molecule has 0 saturated heterocycles. The van der Waals surface area contributed by atoms with E-state index in [0.717, 1.165) is 16.6 Å². The highest BCUT2D eigenvalue weighted by Gasteiger charge is 2.11. The number of hydrogen-bond donors (Lipinski definition) is 3.